The summed E-state index contributed by atoms with van der Waals surface area (Å²) >= 11 is 0. The third-order valence-corrected chi connectivity index (χ3v) is 5.07. The Kier molecular flexibility index (Phi) is 4.25. The van der Waals surface area contributed by atoms with Gasteiger partial charge in [0.2, 0.25) is 0 Å². The maximum absolute atomic E-state index is 12.6. The lowest BCUT2D eigenvalue weighted by Gasteiger charge is -2.46. The van der Waals surface area contributed by atoms with Crippen molar-refractivity contribution in [2.24, 2.45) is 0 Å². The van der Waals surface area contributed by atoms with E-state index in [2.05, 4.69) is 43.4 Å². The molecule has 2 aliphatic rings. The van der Waals surface area contributed by atoms with Crippen molar-refractivity contribution in [3.8, 4) is 0 Å². The van der Waals surface area contributed by atoms with E-state index in [-0.39, 0.29) is 23.0 Å². The number of carbonyl (C=O) groups is 1. The van der Waals surface area contributed by atoms with Gasteiger partial charge in [-0.05, 0) is 59.4 Å². The van der Waals surface area contributed by atoms with Crippen LogP contribution in [0.1, 0.15) is 82.8 Å². The SMILES string of the molecule is CC1(C)CC(NC(=O)c2ccn(C3CCCC3)n2)CC(C)(C)N1. The molecule has 1 amide bonds. The fourth-order valence-corrected chi connectivity index (χ4v) is 4.51. The van der Waals surface area contributed by atoms with Gasteiger partial charge in [-0.1, -0.05) is 12.8 Å². The first-order chi connectivity index (χ1) is 10.7. The second kappa shape index (κ2) is 5.93. The first-order valence-electron chi connectivity index (χ1n) is 8.89. The topological polar surface area (TPSA) is 59.0 Å². The lowest BCUT2D eigenvalue weighted by atomic mass is 9.79. The number of nitrogens with zero attached hydrogens (tertiary/aromatic N) is 2. The lowest BCUT2D eigenvalue weighted by molar-refractivity contribution is 0.0867. The number of hydrogen-bond donors (Lipinski definition) is 2. The molecule has 5 heteroatoms. The van der Waals surface area contributed by atoms with E-state index in [1.54, 1.807) is 0 Å². The quantitative estimate of drug-likeness (QED) is 0.900. The molecule has 0 bridgehead atoms. The van der Waals surface area contributed by atoms with Crippen molar-refractivity contribution in [1.29, 1.82) is 0 Å². The molecule has 1 saturated carbocycles. The lowest BCUT2D eigenvalue weighted by Crippen LogP contribution is -2.62. The molecule has 3 rings (SSSR count). The van der Waals surface area contributed by atoms with Crippen molar-refractivity contribution in [2.45, 2.75) is 89.4 Å². The number of carbonyl (C=O) groups excluding carboxylic acids is 1. The summed E-state index contributed by atoms with van der Waals surface area (Å²) in [7, 11) is 0. The summed E-state index contributed by atoms with van der Waals surface area (Å²) in [5, 5.41) is 11.4. The third-order valence-electron chi connectivity index (χ3n) is 5.07. The summed E-state index contributed by atoms with van der Waals surface area (Å²) in [6.45, 7) is 8.79. The molecule has 2 heterocycles. The summed E-state index contributed by atoms with van der Waals surface area (Å²) in [6, 6.07) is 2.52. The minimum absolute atomic E-state index is 0.0307. The Hall–Kier alpha value is -1.36. The smallest absolute Gasteiger partial charge is 0.271 e. The molecule has 0 spiro atoms. The van der Waals surface area contributed by atoms with Crippen LogP contribution in [0.4, 0.5) is 0 Å². The fraction of sp³-hybridized carbons (Fsp3) is 0.778. The zero-order valence-corrected chi connectivity index (χ0v) is 14.9. The largest absolute Gasteiger partial charge is 0.348 e. The molecule has 128 valence electrons. The van der Waals surface area contributed by atoms with E-state index in [4.69, 9.17) is 0 Å². The molecule has 0 aromatic carbocycles. The second-order valence-corrected chi connectivity index (χ2v) is 8.59. The van der Waals surface area contributed by atoms with Gasteiger partial charge in [-0.25, -0.2) is 0 Å². The molecule has 2 N–H and O–H groups in total. The molecule has 1 aliphatic heterocycles. The van der Waals surface area contributed by atoms with Crippen molar-refractivity contribution >= 4 is 5.91 Å². The van der Waals surface area contributed by atoms with E-state index in [0.717, 1.165) is 12.8 Å². The summed E-state index contributed by atoms with van der Waals surface area (Å²) in [5.74, 6) is -0.0414. The second-order valence-electron chi connectivity index (χ2n) is 8.59. The molecule has 0 atom stereocenters. The molecule has 1 saturated heterocycles. The van der Waals surface area contributed by atoms with Gasteiger partial charge in [0.1, 0.15) is 5.69 Å². The van der Waals surface area contributed by atoms with Gasteiger partial charge in [0.05, 0.1) is 6.04 Å². The maximum atomic E-state index is 12.6. The van der Waals surface area contributed by atoms with Gasteiger partial charge in [0.25, 0.3) is 5.91 Å². The molecular formula is C18H30N4O. The normalized spacial score (nSPS) is 24.7. The predicted molar refractivity (Wildman–Crippen MR) is 91.5 cm³/mol. The highest BCUT2D eigenvalue weighted by atomic mass is 16.2. The summed E-state index contributed by atoms with van der Waals surface area (Å²) in [5.41, 5.74) is 0.609. The van der Waals surface area contributed by atoms with E-state index >= 15 is 0 Å². The Morgan fingerprint density at radius 2 is 1.83 bits per heavy atom. The molecule has 0 unspecified atom stereocenters. The Balaban J connectivity index is 1.64. The molecule has 5 nitrogen and oxygen atoms in total. The van der Waals surface area contributed by atoms with Crippen molar-refractivity contribution in [1.82, 2.24) is 20.4 Å². The zero-order chi connectivity index (χ0) is 16.7. The van der Waals surface area contributed by atoms with Crippen LogP contribution in [0.5, 0.6) is 0 Å². The number of aromatic nitrogens is 2. The molecule has 1 aromatic heterocycles. The minimum Gasteiger partial charge on any atom is -0.348 e. The van der Waals surface area contributed by atoms with Crippen LogP contribution in [0, 0.1) is 0 Å². The van der Waals surface area contributed by atoms with Crippen LogP contribution < -0.4 is 10.6 Å². The van der Waals surface area contributed by atoms with Crippen LogP contribution in [-0.2, 0) is 0 Å². The van der Waals surface area contributed by atoms with Gasteiger partial charge < -0.3 is 10.6 Å². The molecule has 0 radical (unpaired) electrons. The van der Waals surface area contributed by atoms with Crippen LogP contribution in [0.3, 0.4) is 0 Å². The zero-order valence-electron chi connectivity index (χ0n) is 14.9. The average Bonchev–Trinajstić information content (AvgIpc) is 3.06. The summed E-state index contributed by atoms with van der Waals surface area (Å²) < 4.78 is 1.98. The number of nitrogens with one attached hydrogen (secondary N) is 2. The molecule has 2 fully saturated rings. The van der Waals surface area contributed by atoms with Crippen LogP contribution in [0.25, 0.3) is 0 Å². The van der Waals surface area contributed by atoms with Gasteiger partial charge >= 0.3 is 0 Å². The van der Waals surface area contributed by atoms with Crippen molar-refractivity contribution < 1.29 is 4.79 Å². The Labute approximate surface area is 139 Å². The van der Waals surface area contributed by atoms with Crippen LogP contribution in [0.15, 0.2) is 12.3 Å². The minimum atomic E-state index is -0.0414. The van der Waals surface area contributed by atoms with Gasteiger partial charge in [-0.3, -0.25) is 9.48 Å². The van der Waals surface area contributed by atoms with E-state index in [9.17, 15) is 4.79 Å². The number of piperidine rings is 1. The van der Waals surface area contributed by atoms with Crippen LogP contribution in [-0.4, -0.2) is 32.8 Å². The van der Waals surface area contributed by atoms with E-state index in [0.29, 0.717) is 11.7 Å². The molecule has 23 heavy (non-hydrogen) atoms. The van der Waals surface area contributed by atoms with Crippen molar-refractivity contribution in [3.63, 3.8) is 0 Å². The number of amides is 1. The number of hydrogen-bond acceptors (Lipinski definition) is 3. The standard InChI is InChI=1S/C18H30N4O/c1-17(2)11-13(12-18(3,4)21-17)19-16(23)15-9-10-22(20-15)14-7-5-6-8-14/h9-10,13-14,21H,5-8,11-12H2,1-4H3,(H,19,23). The summed E-state index contributed by atoms with van der Waals surface area (Å²) in [4.78, 5) is 12.6. The first kappa shape index (κ1) is 16.5. The maximum Gasteiger partial charge on any atom is 0.271 e. The van der Waals surface area contributed by atoms with E-state index in [1.165, 1.54) is 25.7 Å². The van der Waals surface area contributed by atoms with Crippen LogP contribution >= 0.6 is 0 Å². The first-order valence-corrected chi connectivity index (χ1v) is 8.89. The van der Waals surface area contributed by atoms with Crippen molar-refractivity contribution in [3.05, 3.63) is 18.0 Å². The molecule has 1 aromatic rings. The summed E-state index contributed by atoms with van der Waals surface area (Å²) in [6.07, 6.45) is 8.73. The van der Waals surface area contributed by atoms with Crippen molar-refractivity contribution in [2.75, 3.05) is 0 Å². The van der Waals surface area contributed by atoms with Gasteiger partial charge in [0, 0.05) is 23.3 Å². The van der Waals surface area contributed by atoms with Gasteiger partial charge in [-0.15, -0.1) is 0 Å². The third kappa shape index (κ3) is 3.94. The van der Waals surface area contributed by atoms with Crippen LogP contribution in [0.2, 0.25) is 0 Å². The molecular weight excluding hydrogens is 288 g/mol. The monoisotopic (exact) mass is 318 g/mol. The number of rotatable bonds is 3. The average molecular weight is 318 g/mol. The van der Waals surface area contributed by atoms with E-state index < -0.39 is 0 Å². The Morgan fingerprint density at radius 1 is 1.22 bits per heavy atom. The molecule has 1 aliphatic carbocycles. The highest BCUT2D eigenvalue weighted by Crippen LogP contribution is 2.30. The Bertz CT molecular complexity index is 553. The fourth-order valence-electron chi connectivity index (χ4n) is 4.51. The van der Waals surface area contributed by atoms with E-state index in [1.807, 2.05) is 16.9 Å². The highest BCUT2D eigenvalue weighted by molar-refractivity contribution is 5.92. The Morgan fingerprint density at radius 3 is 2.43 bits per heavy atom. The van der Waals surface area contributed by atoms with Gasteiger partial charge in [0.15, 0.2) is 0 Å². The van der Waals surface area contributed by atoms with Gasteiger partial charge in [-0.2, -0.15) is 5.10 Å². The highest BCUT2D eigenvalue weighted by Gasteiger charge is 2.38. The predicted octanol–water partition coefficient (Wildman–Crippen LogP) is 3.04.